The fraction of sp³-hybridized carbons (Fsp3) is 0.444. The Hall–Kier alpha value is -4.03. The van der Waals surface area contributed by atoms with Gasteiger partial charge in [0.1, 0.15) is 17.2 Å². The van der Waals surface area contributed by atoms with E-state index >= 15 is 0 Å². The normalized spacial score (nSPS) is 17.5. The molecule has 2 aliphatic rings. The number of carbonyl (C=O) groups is 2. The largest absolute Gasteiger partial charge is 0.491 e. The van der Waals surface area contributed by atoms with Crippen LogP contribution in [0.2, 0.25) is 0 Å². The number of methoxy groups -OCH3 is 1. The Bertz CT molecular complexity index is 1440. The molecule has 0 saturated carbocycles. The highest BCUT2D eigenvalue weighted by Gasteiger charge is 2.21. The average molecular weight is 536 g/mol. The van der Waals surface area contributed by atoms with Gasteiger partial charge in [-0.1, -0.05) is 0 Å². The lowest BCUT2D eigenvalue weighted by Gasteiger charge is -2.30. The molecule has 2 aliphatic heterocycles. The molecule has 206 valence electrons. The highest BCUT2D eigenvalue weighted by atomic mass is 16.5. The van der Waals surface area contributed by atoms with E-state index in [2.05, 4.69) is 32.4 Å². The standard InChI is InChI=1S/C27H33N7O5/c1-17-16-33(12-14-38-17)10-4-13-39-21-7-6-20-23(24(21)37-3)31-27(34-11-9-28-25(20)34)32-26(36)19-5-8-22(29-15-19)30-18(2)35/h5-8,15,17,28H,4,9-14,16H2,1-3H3,(H,29,30,35). The maximum Gasteiger partial charge on any atom is 0.281 e. The molecule has 1 saturated heterocycles. The number of pyridine rings is 1. The van der Waals surface area contributed by atoms with Crippen LogP contribution in [-0.4, -0.2) is 83.9 Å². The van der Waals surface area contributed by atoms with Crippen molar-refractivity contribution >= 4 is 34.4 Å². The van der Waals surface area contributed by atoms with Crippen molar-refractivity contribution in [3.05, 3.63) is 41.6 Å². The van der Waals surface area contributed by atoms with Gasteiger partial charge in [-0.2, -0.15) is 4.99 Å². The van der Waals surface area contributed by atoms with Crippen LogP contribution in [0.1, 0.15) is 30.6 Å². The summed E-state index contributed by atoms with van der Waals surface area (Å²) in [4.78, 5) is 39.8. The fourth-order valence-corrected chi connectivity index (χ4v) is 4.84. The van der Waals surface area contributed by atoms with Crippen LogP contribution in [0.3, 0.4) is 0 Å². The van der Waals surface area contributed by atoms with E-state index in [0.29, 0.717) is 42.5 Å². The van der Waals surface area contributed by atoms with E-state index in [9.17, 15) is 9.59 Å². The third-order valence-corrected chi connectivity index (χ3v) is 6.62. The molecule has 2 aromatic heterocycles. The van der Waals surface area contributed by atoms with E-state index in [1.165, 1.54) is 13.1 Å². The molecule has 0 aliphatic carbocycles. The quantitative estimate of drug-likeness (QED) is 0.416. The highest BCUT2D eigenvalue weighted by Crippen LogP contribution is 2.37. The molecule has 0 spiro atoms. The number of amides is 2. The lowest BCUT2D eigenvalue weighted by molar-refractivity contribution is -0.114. The first-order chi connectivity index (χ1) is 18.9. The SMILES string of the molecule is COc1c(OCCCN2CCOC(C)C2)ccc2c3n(c(=NC(=O)c4ccc(NC(C)=O)nc4)nc12)CCN3. The van der Waals surface area contributed by atoms with Crippen molar-refractivity contribution in [1.82, 2.24) is 19.4 Å². The molecular weight excluding hydrogens is 502 g/mol. The van der Waals surface area contributed by atoms with Gasteiger partial charge in [0.2, 0.25) is 11.5 Å². The fourth-order valence-electron chi connectivity index (χ4n) is 4.84. The Labute approximate surface area is 226 Å². The van der Waals surface area contributed by atoms with Crippen LogP contribution in [0.4, 0.5) is 11.6 Å². The lowest BCUT2D eigenvalue weighted by atomic mass is 10.2. The van der Waals surface area contributed by atoms with Crippen LogP contribution >= 0.6 is 0 Å². The molecule has 1 unspecified atom stereocenters. The molecule has 12 nitrogen and oxygen atoms in total. The van der Waals surface area contributed by atoms with E-state index in [0.717, 1.165) is 43.9 Å². The third kappa shape index (κ3) is 6.02. The van der Waals surface area contributed by atoms with Crippen molar-refractivity contribution in [3.63, 3.8) is 0 Å². The number of rotatable bonds is 8. The van der Waals surface area contributed by atoms with Gasteiger partial charge >= 0.3 is 0 Å². The topological polar surface area (TPSA) is 132 Å². The second-order valence-electron chi connectivity index (χ2n) is 9.55. The number of morpholine rings is 1. The first kappa shape index (κ1) is 26.6. The number of benzene rings is 1. The molecule has 0 radical (unpaired) electrons. The number of hydrogen-bond donors (Lipinski definition) is 2. The van der Waals surface area contributed by atoms with Crippen molar-refractivity contribution in [3.8, 4) is 11.5 Å². The van der Waals surface area contributed by atoms with Crippen LogP contribution in [0, 0.1) is 0 Å². The van der Waals surface area contributed by atoms with Crippen LogP contribution in [0.25, 0.3) is 10.9 Å². The number of nitrogens with one attached hydrogen (secondary N) is 2. The molecule has 5 rings (SSSR count). The Morgan fingerprint density at radius 3 is 2.87 bits per heavy atom. The highest BCUT2D eigenvalue weighted by molar-refractivity contribution is 5.97. The van der Waals surface area contributed by atoms with Gasteiger partial charge in [0, 0.05) is 51.2 Å². The molecular formula is C27H33N7O5. The van der Waals surface area contributed by atoms with Gasteiger partial charge in [-0.3, -0.25) is 19.1 Å². The Morgan fingerprint density at radius 2 is 2.13 bits per heavy atom. The molecule has 1 fully saturated rings. The van der Waals surface area contributed by atoms with Gasteiger partial charge < -0.3 is 24.8 Å². The van der Waals surface area contributed by atoms with Crippen LogP contribution in [0.15, 0.2) is 35.5 Å². The van der Waals surface area contributed by atoms with Gasteiger partial charge in [0.05, 0.1) is 32.0 Å². The molecule has 2 N–H and O–H groups in total. The van der Waals surface area contributed by atoms with Crippen LogP contribution < -0.4 is 25.7 Å². The number of fused-ring (bicyclic) bond motifs is 3. The van der Waals surface area contributed by atoms with Crippen molar-refractivity contribution in [2.45, 2.75) is 32.9 Å². The summed E-state index contributed by atoms with van der Waals surface area (Å²) in [5.74, 6) is 1.53. The molecule has 1 atom stereocenters. The van der Waals surface area contributed by atoms with E-state index in [4.69, 9.17) is 19.2 Å². The zero-order chi connectivity index (χ0) is 27.4. The molecule has 1 aromatic carbocycles. The van der Waals surface area contributed by atoms with Crippen LogP contribution in [0.5, 0.6) is 11.5 Å². The first-order valence-corrected chi connectivity index (χ1v) is 13.1. The van der Waals surface area contributed by atoms with Gasteiger partial charge in [-0.05, 0) is 37.6 Å². The molecule has 0 bridgehead atoms. The predicted octanol–water partition coefficient (Wildman–Crippen LogP) is 2.05. The molecule has 4 heterocycles. The van der Waals surface area contributed by atoms with Gasteiger partial charge in [0.15, 0.2) is 11.5 Å². The van der Waals surface area contributed by atoms with Crippen molar-refractivity contribution in [2.75, 3.05) is 57.1 Å². The summed E-state index contributed by atoms with van der Waals surface area (Å²) in [7, 11) is 1.58. The van der Waals surface area contributed by atoms with Crippen molar-refractivity contribution in [2.24, 2.45) is 4.99 Å². The van der Waals surface area contributed by atoms with E-state index in [1.54, 1.807) is 19.2 Å². The third-order valence-electron chi connectivity index (χ3n) is 6.62. The second kappa shape index (κ2) is 11.8. The van der Waals surface area contributed by atoms with Crippen LogP contribution in [-0.2, 0) is 16.1 Å². The maximum absolute atomic E-state index is 13.0. The number of nitrogens with zero attached hydrogens (tertiary/aromatic N) is 5. The molecule has 12 heteroatoms. The molecule has 3 aromatic rings. The summed E-state index contributed by atoms with van der Waals surface area (Å²) in [5, 5.41) is 6.80. The van der Waals surface area contributed by atoms with Gasteiger partial charge in [-0.15, -0.1) is 0 Å². The average Bonchev–Trinajstić information content (AvgIpc) is 3.42. The summed E-state index contributed by atoms with van der Waals surface area (Å²) in [6.07, 6.45) is 2.50. The summed E-state index contributed by atoms with van der Waals surface area (Å²) in [5.41, 5.74) is 1.10. The number of hydrogen-bond acceptors (Lipinski definition) is 9. The smallest absolute Gasteiger partial charge is 0.281 e. The minimum absolute atomic E-state index is 0.241. The zero-order valence-electron chi connectivity index (χ0n) is 22.4. The Kier molecular flexibility index (Phi) is 8.03. The predicted molar refractivity (Wildman–Crippen MR) is 145 cm³/mol. The summed E-state index contributed by atoms with van der Waals surface area (Å²) in [6, 6.07) is 6.97. The number of aromatic nitrogens is 3. The first-order valence-electron chi connectivity index (χ1n) is 13.1. The Morgan fingerprint density at radius 1 is 1.26 bits per heavy atom. The second-order valence-corrected chi connectivity index (χ2v) is 9.55. The number of anilines is 2. The summed E-state index contributed by atoms with van der Waals surface area (Å²) >= 11 is 0. The molecule has 39 heavy (non-hydrogen) atoms. The Balaban J connectivity index is 1.40. The molecule has 2 amide bonds. The number of carbonyl (C=O) groups excluding carboxylic acids is 2. The van der Waals surface area contributed by atoms with Gasteiger partial charge in [-0.25, -0.2) is 9.97 Å². The number of ether oxygens (including phenoxy) is 3. The maximum atomic E-state index is 13.0. The van der Waals surface area contributed by atoms with Gasteiger partial charge in [0.25, 0.3) is 5.91 Å². The van der Waals surface area contributed by atoms with Crippen molar-refractivity contribution in [1.29, 1.82) is 0 Å². The minimum Gasteiger partial charge on any atom is -0.491 e. The summed E-state index contributed by atoms with van der Waals surface area (Å²) in [6.45, 7) is 8.87. The minimum atomic E-state index is -0.492. The van der Waals surface area contributed by atoms with Crippen molar-refractivity contribution < 1.29 is 23.8 Å². The van der Waals surface area contributed by atoms with E-state index < -0.39 is 5.91 Å². The zero-order valence-corrected chi connectivity index (χ0v) is 22.4. The lowest BCUT2D eigenvalue weighted by Crippen LogP contribution is -2.41. The van der Waals surface area contributed by atoms with E-state index in [-0.39, 0.29) is 23.2 Å². The monoisotopic (exact) mass is 535 g/mol. The summed E-state index contributed by atoms with van der Waals surface area (Å²) < 4.78 is 19.4. The van der Waals surface area contributed by atoms with E-state index in [1.807, 2.05) is 16.7 Å².